The van der Waals surface area contributed by atoms with Gasteiger partial charge in [-0.2, -0.15) is 8.42 Å². The molecule has 0 radical (unpaired) electrons. The fraction of sp³-hybridized carbons (Fsp3) is 0.846. The van der Waals surface area contributed by atoms with Crippen molar-refractivity contribution >= 4 is 51.7 Å². The Hall–Kier alpha value is 0.920. The van der Waals surface area contributed by atoms with Crippen LogP contribution in [0.1, 0.15) is 58.3 Å². The van der Waals surface area contributed by atoms with E-state index in [1.807, 2.05) is 11.8 Å². The van der Waals surface area contributed by atoms with Crippen LogP contribution in [0.15, 0.2) is 11.5 Å². The zero-order valence-electron chi connectivity index (χ0n) is 12.2. The van der Waals surface area contributed by atoms with Gasteiger partial charge in [0.15, 0.2) is 0 Å². The number of hydrogen-bond acceptors (Lipinski definition) is 4. The van der Waals surface area contributed by atoms with Crippen LogP contribution in [-0.2, 0) is 10.4 Å². The van der Waals surface area contributed by atoms with E-state index in [0.717, 1.165) is 19.3 Å². The molecule has 0 rings (SSSR count). The second-order valence-corrected chi connectivity index (χ2v) is 6.23. The monoisotopic (exact) mass is 352 g/mol. The van der Waals surface area contributed by atoms with Gasteiger partial charge in [-0.25, -0.2) is 0 Å². The van der Waals surface area contributed by atoms with Crippen LogP contribution in [0.2, 0.25) is 0 Å². The fourth-order valence-corrected chi connectivity index (χ4v) is 2.15. The Kier molecular flexibility index (Phi) is 26.7. The first-order valence-corrected chi connectivity index (χ1v) is 9.43. The summed E-state index contributed by atoms with van der Waals surface area (Å²) in [5.74, 6) is 1.26. The second-order valence-electron chi connectivity index (χ2n) is 4.32. The molecule has 0 aliphatic heterocycles. The molecular weight excluding hydrogens is 323 g/mol. The van der Waals surface area contributed by atoms with Gasteiger partial charge in [-0.1, -0.05) is 38.7 Å². The molecule has 0 unspecified atom stereocenters. The van der Waals surface area contributed by atoms with Crippen molar-refractivity contribution in [3.8, 4) is 0 Å². The molecule has 8 heteroatoms. The van der Waals surface area contributed by atoms with Crippen LogP contribution >= 0.6 is 11.8 Å². The van der Waals surface area contributed by atoms with Crippen LogP contribution in [0.3, 0.4) is 0 Å². The number of aliphatic hydroxyl groups excluding tert-OH is 1. The summed E-state index contributed by atoms with van der Waals surface area (Å²) < 4.78 is 31.6. The van der Waals surface area contributed by atoms with Gasteiger partial charge in [0.05, 0.1) is 0 Å². The fourth-order valence-electron chi connectivity index (χ4n) is 1.37. The molecule has 0 aliphatic carbocycles. The van der Waals surface area contributed by atoms with Gasteiger partial charge in [-0.15, -0.1) is 11.8 Å². The summed E-state index contributed by atoms with van der Waals surface area (Å²) in [6.45, 7) is 2.59. The van der Waals surface area contributed by atoms with Gasteiger partial charge in [0, 0.05) is 6.61 Å². The van der Waals surface area contributed by atoms with Crippen LogP contribution in [0.25, 0.3) is 0 Å². The molecule has 0 amide bonds. The number of hydrogen-bond donors (Lipinski definition) is 3. The zero-order chi connectivity index (χ0) is 15.7. The topological polar surface area (TPSA) is 94.8 Å². The molecular formula is C13H29NaO5S2. The third-order valence-electron chi connectivity index (χ3n) is 2.34. The Morgan fingerprint density at radius 3 is 2.10 bits per heavy atom. The first-order chi connectivity index (χ1) is 9.41. The predicted molar refractivity (Wildman–Crippen MR) is 92.6 cm³/mol. The van der Waals surface area contributed by atoms with Gasteiger partial charge in [-0.3, -0.25) is 9.11 Å². The molecule has 0 aromatic heterocycles. The molecule has 21 heavy (non-hydrogen) atoms. The Balaban J connectivity index is -0.000000465. The molecule has 0 heterocycles. The summed E-state index contributed by atoms with van der Waals surface area (Å²) in [4.78, 5) is 0. The number of unbranched alkanes of at least 4 members (excludes halogenated alkanes) is 6. The van der Waals surface area contributed by atoms with Crippen molar-refractivity contribution in [1.82, 2.24) is 0 Å². The molecule has 0 saturated heterocycles. The van der Waals surface area contributed by atoms with Gasteiger partial charge in [0.1, 0.15) is 0 Å². The van der Waals surface area contributed by atoms with E-state index in [9.17, 15) is 0 Å². The third-order valence-corrected chi connectivity index (χ3v) is 3.25. The van der Waals surface area contributed by atoms with Crippen molar-refractivity contribution in [1.29, 1.82) is 0 Å². The van der Waals surface area contributed by atoms with E-state index in [1.54, 1.807) is 0 Å². The summed E-state index contributed by atoms with van der Waals surface area (Å²) in [5, 5.41) is 10.8. The average molecular weight is 352 g/mol. The van der Waals surface area contributed by atoms with Gasteiger partial charge in [0.2, 0.25) is 0 Å². The average Bonchev–Trinajstić information content (AvgIpc) is 2.34. The standard InChI is InChI=1S/C13H26OS.Na.H2O4S.H/c1-2-3-4-6-9-12-15-13-10-7-5-8-11-14;;1-5(2,3)4;/h10,13-14H,2-9,11-12H2,1H3;;(H2,1,2,3,4);. The van der Waals surface area contributed by atoms with Crippen LogP contribution < -0.4 is 0 Å². The van der Waals surface area contributed by atoms with Crippen molar-refractivity contribution in [2.24, 2.45) is 0 Å². The molecule has 0 bridgehead atoms. The minimum atomic E-state index is -4.67. The van der Waals surface area contributed by atoms with Crippen molar-refractivity contribution in [3.05, 3.63) is 11.5 Å². The summed E-state index contributed by atoms with van der Waals surface area (Å²) >= 11 is 1.93. The predicted octanol–water partition coefficient (Wildman–Crippen LogP) is 3.07. The summed E-state index contributed by atoms with van der Waals surface area (Å²) in [6.07, 6.45) is 12.3. The van der Waals surface area contributed by atoms with Crippen molar-refractivity contribution in [2.75, 3.05) is 12.4 Å². The molecule has 0 aliphatic rings. The van der Waals surface area contributed by atoms with Crippen LogP contribution in [0, 0.1) is 0 Å². The molecule has 5 nitrogen and oxygen atoms in total. The van der Waals surface area contributed by atoms with E-state index in [2.05, 4.69) is 18.4 Å². The Bertz CT molecular complexity index is 300. The molecule has 0 spiro atoms. The second kappa shape index (κ2) is 20.9. The van der Waals surface area contributed by atoms with E-state index in [-0.39, 0.29) is 29.6 Å². The van der Waals surface area contributed by atoms with Gasteiger partial charge in [0.25, 0.3) is 0 Å². The van der Waals surface area contributed by atoms with Crippen molar-refractivity contribution in [2.45, 2.75) is 58.3 Å². The van der Waals surface area contributed by atoms with Gasteiger partial charge < -0.3 is 5.11 Å². The SMILES string of the molecule is CCCCCCCSC=CCCCCO.O=S(=O)(O)O.[NaH]. The maximum absolute atomic E-state index is 8.74. The van der Waals surface area contributed by atoms with E-state index >= 15 is 0 Å². The van der Waals surface area contributed by atoms with Crippen LogP contribution in [0.4, 0.5) is 0 Å². The van der Waals surface area contributed by atoms with E-state index in [0.29, 0.717) is 6.61 Å². The summed E-state index contributed by atoms with van der Waals surface area (Å²) in [7, 11) is -4.67. The molecule has 0 saturated carbocycles. The third kappa shape index (κ3) is 44.9. The molecule has 0 fully saturated rings. The van der Waals surface area contributed by atoms with Crippen LogP contribution in [0.5, 0.6) is 0 Å². The number of allylic oxidation sites excluding steroid dienone is 1. The number of aliphatic hydroxyl groups is 1. The Morgan fingerprint density at radius 1 is 1.00 bits per heavy atom. The summed E-state index contributed by atoms with van der Waals surface area (Å²) in [6, 6.07) is 0. The van der Waals surface area contributed by atoms with Crippen molar-refractivity contribution < 1.29 is 22.6 Å². The first-order valence-electron chi connectivity index (χ1n) is 6.99. The Labute approximate surface area is 155 Å². The van der Waals surface area contributed by atoms with Crippen molar-refractivity contribution in [3.63, 3.8) is 0 Å². The van der Waals surface area contributed by atoms with Crippen LogP contribution in [-0.4, -0.2) is 64.5 Å². The van der Waals surface area contributed by atoms with E-state index in [1.165, 1.54) is 37.9 Å². The van der Waals surface area contributed by atoms with Gasteiger partial charge >= 0.3 is 40.0 Å². The quantitative estimate of drug-likeness (QED) is 0.300. The summed E-state index contributed by atoms with van der Waals surface area (Å²) in [5.41, 5.74) is 0. The zero-order valence-corrected chi connectivity index (χ0v) is 13.8. The molecule has 0 aromatic carbocycles. The number of rotatable bonds is 11. The molecule has 124 valence electrons. The number of thioether (sulfide) groups is 1. The first kappa shape index (κ1) is 26.8. The van der Waals surface area contributed by atoms with E-state index in [4.69, 9.17) is 22.6 Å². The molecule has 3 N–H and O–H groups in total. The minimum absolute atomic E-state index is 0. The van der Waals surface area contributed by atoms with Gasteiger partial charge in [-0.05, 0) is 36.8 Å². The maximum atomic E-state index is 8.74. The Morgan fingerprint density at radius 2 is 1.57 bits per heavy atom. The molecule has 0 atom stereocenters. The van der Waals surface area contributed by atoms with E-state index < -0.39 is 10.4 Å². The normalized spacial score (nSPS) is 10.9. The molecule has 0 aromatic rings.